The molecule has 4 rings (SSSR count). The van der Waals surface area contributed by atoms with Gasteiger partial charge in [0.2, 0.25) is 0 Å². The highest BCUT2D eigenvalue weighted by atomic mass is 16.5. The van der Waals surface area contributed by atoms with E-state index in [0.29, 0.717) is 0 Å². The molecule has 7 nitrogen and oxygen atoms in total. The highest BCUT2D eigenvalue weighted by Gasteiger charge is 2.21. The van der Waals surface area contributed by atoms with Gasteiger partial charge in [0, 0.05) is 67.3 Å². The molecule has 0 amide bonds. The highest BCUT2D eigenvalue weighted by molar-refractivity contribution is 5.84. The molecule has 0 fully saturated rings. The van der Waals surface area contributed by atoms with Crippen molar-refractivity contribution in [3.8, 4) is 45.4 Å². The van der Waals surface area contributed by atoms with E-state index in [0.717, 1.165) is 90.4 Å². The predicted molar refractivity (Wildman–Crippen MR) is 179 cm³/mol. The summed E-state index contributed by atoms with van der Waals surface area (Å²) in [6.45, 7) is 18.6. The smallest absolute Gasteiger partial charge is 0.146 e. The van der Waals surface area contributed by atoms with E-state index < -0.39 is 0 Å². The number of hydrogen-bond acceptors (Lipinski definition) is 6. The molecular formula is C35H47N5O2. The quantitative estimate of drug-likeness (QED) is 0.166. The van der Waals surface area contributed by atoms with Crippen LogP contribution >= 0.6 is 0 Å². The Kier molecular flexibility index (Phi) is 10.4. The van der Waals surface area contributed by atoms with E-state index >= 15 is 0 Å². The molecule has 0 aliphatic rings. The number of nitrogens with one attached hydrogen (secondary N) is 1. The van der Waals surface area contributed by atoms with Crippen LogP contribution in [0.3, 0.4) is 0 Å². The zero-order valence-electron chi connectivity index (χ0n) is 26.6. The Balaban J connectivity index is 1.87. The Morgan fingerprint density at radius 3 is 1.40 bits per heavy atom. The van der Waals surface area contributed by atoms with Gasteiger partial charge in [-0.3, -0.25) is 0 Å². The molecule has 1 heterocycles. The van der Waals surface area contributed by atoms with Gasteiger partial charge in [-0.2, -0.15) is 0 Å². The fourth-order valence-corrected chi connectivity index (χ4v) is 5.66. The molecule has 1 N–H and O–H groups in total. The van der Waals surface area contributed by atoms with Gasteiger partial charge >= 0.3 is 0 Å². The molecule has 1 aromatic heterocycles. The monoisotopic (exact) mass is 569 g/mol. The second-order valence-corrected chi connectivity index (χ2v) is 10.1. The Bertz CT molecular complexity index is 1320. The molecule has 0 unspecified atom stereocenters. The van der Waals surface area contributed by atoms with Gasteiger partial charge in [-0.15, -0.1) is 0 Å². The van der Waals surface area contributed by atoms with E-state index in [1.165, 1.54) is 11.4 Å². The topological polar surface area (TPSA) is 56.9 Å². The van der Waals surface area contributed by atoms with Crippen molar-refractivity contribution in [2.45, 2.75) is 41.5 Å². The molecule has 0 bridgehead atoms. The fourth-order valence-electron chi connectivity index (χ4n) is 5.66. The third-order valence-electron chi connectivity index (χ3n) is 8.09. The number of hydrogen-bond donors (Lipinski definition) is 1. The molecule has 0 atom stereocenters. The largest absolute Gasteiger partial charge is 0.494 e. The number of anilines is 3. The van der Waals surface area contributed by atoms with Gasteiger partial charge in [0.05, 0.1) is 25.6 Å². The minimum absolute atomic E-state index is 0.764. The molecule has 0 saturated carbocycles. The number of aromatic nitrogens is 2. The van der Waals surface area contributed by atoms with E-state index in [2.05, 4.69) is 122 Å². The number of nitrogens with zero attached hydrogens (tertiary/aromatic N) is 4. The SMILES string of the molecule is CCN(CC)c1ccc(-c2nc(-c3cc(OC)c(N(CC)CC)c(OC)c3)[nH]c2-c2ccc(N(CC)CC)cc2)cc1. The van der Waals surface area contributed by atoms with Crippen molar-refractivity contribution in [1.82, 2.24) is 9.97 Å². The van der Waals surface area contributed by atoms with Crippen LogP contribution in [-0.2, 0) is 0 Å². The summed E-state index contributed by atoms with van der Waals surface area (Å²) in [7, 11) is 3.42. The zero-order valence-corrected chi connectivity index (χ0v) is 26.6. The summed E-state index contributed by atoms with van der Waals surface area (Å²) in [4.78, 5) is 15.8. The van der Waals surface area contributed by atoms with Crippen LogP contribution in [0.4, 0.5) is 17.1 Å². The molecular weight excluding hydrogens is 522 g/mol. The maximum atomic E-state index is 5.88. The molecule has 0 aliphatic heterocycles. The first-order chi connectivity index (χ1) is 20.5. The Labute approximate surface area is 252 Å². The van der Waals surface area contributed by atoms with Crippen LogP contribution < -0.4 is 24.2 Å². The summed E-state index contributed by atoms with van der Waals surface area (Å²) in [5.74, 6) is 2.29. The summed E-state index contributed by atoms with van der Waals surface area (Å²) in [5.41, 5.74) is 8.35. The summed E-state index contributed by atoms with van der Waals surface area (Å²) in [6.07, 6.45) is 0. The van der Waals surface area contributed by atoms with E-state index in [1.54, 1.807) is 14.2 Å². The number of aromatic amines is 1. The molecule has 3 aromatic carbocycles. The predicted octanol–water partition coefficient (Wildman–Crippen LogP) is 7.97. The maximum Gasteiger partial charge on any atom is 0.146 e. The first-order valence-electron chi connectivity index (χ1n) is 15.3. The van der Waals surface area contributed by atoms with Crippen molar-refractivity contribution >= 4 is 17.1 Å². The van der Waals surface area contributed by atoms with E-state index in [9.17, 15) is 0 Å². The van der Waals surface area contributed by atoms with Gasteiger partial charge < -0.3 is 29.2 Å². The van der Waals surface area contributed by atoms with Gasteiger partial charge in [0.1, 0.15) is 23.0 Å². The van der Waals surface area contributed by atoms with Crippen LogP contribution in [-0.4, -0.2) is 63.5 Å². The molecule has 7 heteroatoms. The van der Waals surface area contributed by atoms with Crippen molar-refractivity contribution in [3.63, 3.8) is 0 Å². The molecule has 4 aromatic rings. The number of benzene rings is 3. The van der Waals surface area contributed by atoms with Gasteiger partial charge in [-0.25, -0.2) is 4.98 Å². The fraction of sp³-hybridized carbons (Fsp3) is 0.400. The van der Waals surface area contributed by atoms with Crippen LogP contribution in [0, 0.1) is 0 Å². The van der Waals surface area contributed by atoms with E-state index in [1.807, 2.05) is 0 Å². The van der Waals surface area contributed by atoms with Gasteiger partial charge in [-0.05, 0) is 77.9 Å². The number of ether oxygens (including phenoxy) is 2. The van der Waals surface area contributed by atoms with Crippen molar-refractivity contribution in [2.24, 2.45) is 0 Å². The second kappa shape index (κ2) is 14.2. The average molecular weight is 570 g/mol. The van der Waals surface area contributed by atoms with Crippen molar-refractivity contribution < 1.29 is 9.47 Å². The molecule has 224 valence electrons. The minimum Gasteiger partial charge on any atom is -0.494 e. The lowest BCUT2D eigenvalue weighted by atomic mass is 10.0. The van der Waals surface area contributed by atoms with Crippen molar-refractivity contribution in [3.05, 3.63) is 60.7 Å². The first kappa shape index (κ1) is 30.8. The minimum atomic E-state index is 0.764. The Morgan fingerprint density at radius 2 is 1.00 bits per heavy atom. The van der Waals surface area contributed by atoms with Gasteiger partial charge in [-0.1, -0.05) is 24.3 Å². The average Bonchev–Trinajstić information content (AvgIpc) is 3.49. The van der Waals surface area contributed by atoms with Crippen molar-refractivity contribution in [1.29, 1.82) is 0 Å². The summed E-state index contributed by atoms with van der Waals surface area (Å²) in [5, 5.41) is 0. The lowest BCUT2D eigenvalue weighted by molar-refractivity contribution is 0.394. The van der Waals surface area contributed by atoms with Crippen molar-refractivity contribution in [2.75, 3.05) is 68.2 Å². The Morgan fingerprint density at radius 1 is 0.571 bits per heavy atom. The maximum absolute atomic E-state index is 5.88. The molecule has 0 saturated heterocycles. The number of imidazole rings is 1. The second-order valence-electron chi connectivity index (χ2n) is 10.1. The molecule has 0 spiro atoms. The van der Waals surface area contributed by atoms with Gasteiger partial charge in [0.25, 0.3) is 0 Å². The lowest BCUT2D eigenvalue weighted by Crippen LogP contribution is -2.23. The standard InChI is InChI=1S/C35H47N5O2/c1-9-38(10-2)28-19-15-25(16-20-28)32-33(26-17-21-29(22-18-26)39(11-3)12-4)37-35(36-32)27-23-30(41-7)34(31(24-27)42-8)40(13-5)14-6/h15-24H,9-14H2,1-8H3,(H,36,37). The van der Waals surface area contributed by atoms with Crippen LogP contribution in [0.2, 0.25) is 0 Å². The summed E-state index contributed by atoms with van der Waals surface area (Å²) < 4.78 is 11.8. The zero-order chi connectivity index (χ0) is 30.2. The van der Waals surface area contributed by atoms with Crippen LogP contribution in [0.25, 0.3) is 33.9 Å². The van der Waals surface area contributed by atoms with Crippen LogP contribution in [0.15, 0.2) is 60.7 Å². The number of methoxy groups -OCH3 is 2. The number of rotatable bonds is 14. The van der Waals surface area contributed by atoms with E-state index in [-0.39, 0.29) is 0 Å². The van der Waals surface area contributed by atoms with Crippen LogP contribution in [0.5, 0.6) is 11.5 Å². The first-order valence-corrected chi connectivity index (χ1v) is 15.3. The highest BCUT2D eigenvalue weighted by Crippen LogP contribution is 2.43. The molecule has 0 aliphatic carbocycles. The molecule has 42 heavy (non-hydrogen) atoms. The normalized spacial score (nSPS) is 11.0. The van der Waals surface area contributed by atoms with Crippen LogP contribution in [0.1, 0.15) is 41.5 Å². The third kappa shape index (κ3) is 6.20. The summed E-state index contributed by atoms with van der Waals surface area (Å²) >= 11 is 0. The third-order valence-corrected chi connectivity index (χ3v) is 8.09. The Hall–Kier alpha value is -4.13. The number of H-pyrrole nitrogens is 1. The lowest BCUT2D eigenvalue weighted by Gasteiger charge is -2.26. The van der Waals surface area contributed by atoms with Gasteiger partial charge in [0.15, 0.2) is 0 Å². The summed E-state index contributed by atoms with van der Waals surface area (Å²) in [6, 6.07) is 21.6. The molecule has 0 radical (unpaired) electrons. The van der Waals surface area contributed by atoms with E-state index in [4.69, 9.17) is 14.5 Å².